The van der Waals surface area contributed by atoms with Crippen LogP contribution in [0.1, 0.15) is 25.7 Å². The van der Waals surface area contributed by atoms with Crippen molar-refractivity contribution in [2.45, 2.75) is 43.4 Å². The van der Waals surface area contributed by atoms with Crippen molar-refractivity contribution in [1.82, 2.24) is 10.6 Å². The van der Waals surface area contributed by atoms with Gasteiger partial charge in [-0.05, 0) is 0 Å². The van der Waals surface area contributed by atoms with Gasteiger partial charge < -0.3 is 0 Å². The van der Waals surface area contributed by atoms with E-state index < -0.39 is 18.4 Å². The number of rotatable bonds is 0. The molecule has 0 bridgehead atoms. The predicted molar refractivity (Wildman–Crippen MR) is 69.2 cm³/mol. The minimum atomic E-state index is -1.60. The summed E-state index contributed by atoms with van der Waals surface area (Å²) in [4.78, 5) is 0. The second-order valence-electron chi connectivity index (χ2n) is 5.41. The van der Waals surface area contributed by atoms with E-state index in [1.807, 2.05) is 0 Å². The van der Waals surface area contributed by atoms with Crippen LogP contribution >= 0.6 is 0 Å². The molecule has 2 saturated heterocycles. The molecule has 0 saturated carbocycles. The van der Waals surface area contributed by atoms with E-state index in [-0.39, 0.29) is 0 Å². The van der Waals surface area contributed by atoms with E-state index in [1.54, 1.807) is 17.7 Å². The minimum absolute atomic E-state index is 1.30. The molecule has 0 aromatic heterocycles. The maximum absolute atomic E-state index is 3.56. The second-order valence-corrected chi connectivity index (χ2v) is 19.7. The van der Waals surface area contributed by atoms with Crippen molar-refractivity contribution in [3.8, 4) is 0 Å². The van der Waals surface area contributed by atoms with Crippen LogP contribution in [0.2, 0.25) is 17.7 Å². The SMILES string of the molecule is C1CNCC[CH2][Sn]2([CH2]1)[CH2]CCNCC[CH2]2. The summed E-state index contributed by atoms with van der Waals surface area (Å²) in [6.07, 6.45) is 5.96. The summed E-state index contributed by atoms with van der Waals surface area (Å²) in [6, 6.07) is 0. The Hall–Kier alpha value is 0.719. The molecule has 0 radical (unpaired) electrons. The van der Waals surface area contributed by atoms with E-state index in [9.17, 15) is 0 Å². The number of hydrogen-bond donors (Lipinski definition) is 2. The van der Waals surface area contributed by atoms with Gasteiger partial charge in [-0.25, -0.2) is 0 Å². The Morgan fingerprint density at radius 2 is 0.867 bits per heavy atom. The van der Waals surface area contributed by atoms with Gasteiger partial charge in [-0.15, -0.1) is 0 Å². The molecule has 2 rings (SSSR count). The van der Waals surface area contributed by atoms with Gasteiger partial charge in [0.25, 0.3) is 0 Å². The van der Waals surface area contributed by atoms with Crippen LogP contribution in [-0.2, 0) is 0 Å². The van der Waals surface area contributed by atoms with Crippen molar-refractivity contribution in [3.05, 3.63) is 0 Å². The molecule has 0 aromatic rings. The summed E-state index contributed by atoms with van der Waals surface area (Å²) in [5.74, 6) is 0. The molecule has 15 heavy (non-hydrogen) atoms. The molecule has 2 fully saturated rings. The van der Waals surface area contributed by atoms with Crippen molar-refractivity contribution < 1.29 is 0 Å². The average Bonchev–Trinajstić information content (AvgIpc) is 2.15. The fraction of sp³-hybridized carbons (Fsp3) is 1.00. The third-order valence-electron chi connectivity index (χ3n) is 4.24. The summed E-state index contributed by atoms with van der Waals surface area (Å²) >= 11 is -1.60. The van der Waals surface area contributed by atoms with E-state index in [1.165, 1.54) is 51.9 Å². The number of hydrogen-bond acceptors (Lipinski definition) is 2. The first-order valence-corrected chi connectivity index (χ1v) is 14.9. The molecule has 3 heteroatoms. The van der Waals surface area contributed by atoms with E-state index in [0.29, 0.717) is 0 Å². The van der Waals surface area contributed by atoms with Crippen molar-refractivity contribution in [3.63, 3.8) is 0 Å². The van der Waals surface area contributed by atoms with Crippen molar-refractivity contribution in [1.29, 1.82) is 0 Å². The van der Waals surface area contributed by atoms with E-state index in [2.05, 4.69) is 10.6 Å². The van der Waals surface area contributed by atoms with E-state index in [4.69, 9.17) is 0 Å². The van der Waals surface area contributed by atoms with Gasteiger partial charge in [-0.2, -0.15) is 0 Å². The topological polar surface area (TPSA) is 24.1 Å². The molecule has 2 heterocycles. The molecule has 0 atom stereocenters. The van der Waals surface area contributed by atoms with Crippen LogP contribution in [0.25, 0.3) is 0 Å². The Labute approximate surface area is 98.5 Å². The third kappa shape index (κ3) is 3.90. The summed E-state index contributed by atoms with van der Waals surface area (Å²) in [5.41, 5.74) is 0. The molecule has 88 valence electrons. The van der Waals surface area contributed by atoms with Crippen molar-refractivity contribution in [2.24, 2.45) is 0 Å². The monoisotopic (exact) mass is 318 g/mol. The summed E-state index contributed by atoms with van der Waals surface area (Å²) in [7, 11) is 0. The zero-order valence-corrected chi connectivity index (χ0v) is 12.8. The van der Waals surface area contributed by atoms with Gasteiger partial charge in [0.1, 0.15) is 0 Å². The van der Waals surface area contributed by atoms with Gasteiger partial charge in [-0.3, -0.25) is 0 Å². The Bertz CT molecular complexity index is 145. The average molecular weight is 317 g/mol. The summed E-state index contributed by atoms with van der Waals surface area (Å²) in [5, 5.41) is 7.12. The molecule has 1 spiro atoms. The van der Waals surface area contributed by atoms with Crippen LogP contribution in [0, 0.1) is 0 Å². The van der Waals surface area contributed by atoms with Gasteiger partial charge in [0, 0.05) is 0 Å². The molecular weight excluding hydrogens is 291 g/mol. The van der Waals surface area contributed by atoms with Gasteiger partial charge >= 0.3 is 98.6 Å². The molecule has 0 aliphatic carbocycles. The van der Waals surface area contributed by atoms with E-state index >= 15 is 0 Å². The Morgan fingerprint density at radius 3 is 1.20 bits per heavy atom. The Kier molecular flexibility index (Phi) is 5.24. The molecule has 0 aromatic carbocycles. The fourth-order valence-corrected chi connectivity index (χ4v) is 18.2. The molecule has 0 amide bonds. The molecule has 2 N–H and O–H groups in total. The molecular formula is C12H26N2Sn. The van der Waals surface area contributed by atoms with Crippen LogP contribution in [0.15, 0.2) is 0 Å². The van der Waals surface area contributed by atoms with Gasteiger partial charge in [0.2, 0.25) is 0 Å². The van der Waals surface area contributed by atoms with E-state index in [0.717, 1.165) is 0 Å². The predicted octanol–water partition coefficient (Wildman–Crippen LogP) is 2.20. The Balaban J connectivity index is 1.92. The van der Waals surface area contributed by atoms with Crippen molar-refractivity contribution >= 4 is 18.4 Å². The zero-order valence-electron chi connectivity index (χ0n) is 9.99. The quantitative estimate of drug-likeness (QED) is 0.670. The molecule has 2 aliphatic heterocycles. The van der Waals surface area contributed by atoms with Crippen LogP contribution in [0.4, 0.5) is 0 Å². The zero-order chi connectivity index (χ0) is 10.4. The fourth-order valence-electron chi connectivity index (χ4n) is 3.35. The number of nitrogens with one attached hydrogen (secondary N) is 2. The first kappa shape index (κ1) is 12.2. The summed E-state index contributed by atoms with van der Waals surface area (Å²) < 4.78 is 6.73. The normalized spacial score (nSPS) is 28.8. The van der Waals surface area contributed by atoms with Gasteiger partial charge in [-0.1, -0.05) is 0 Å². The van der Waals surface area contributed by atoms with Crippen LogP contribution < -0.4 is 10.6 Å². The first-order valence-electron chi connectivity index (χ1n) is 6.83. The molecule has 0 unspecified atom stereocenters. The summed E-state index contributed by atoms with van der Waals surface area (Å²) in [6.45, 7) is 5.21. The first-order chi connectivity index (χ1) is 7.41. The Morgan fingerprint density at radius 1 is 0.533 bits per heavy atom. The van der Waals surface area contributed by atoms with Gasteiger partial charge in [0.05, 0.1) is 0 Å². The van der Waals surface area contributed by atoms with Gasteiger partial charge in [0.15, 0.2) is 0 Å². The standard InChI is InChI=1S/2C6H13N.Sn/c2*1-3-5-7-6-4-2;/h2*7H,1-6H2;. The molecule has 2 aliphatic rings. The third-order valence-corrected chi connectivity index (χ3v) is 20.4. The van der Waals surface area contributed by atoms with Crippen LogP contribution in [-0.4, -0.2) is 44.6 Å². The van der Waals surface area contributed by atoms with Crippen LogP contribution in [0.3, 0.4) is 0 Å². The maximum atomic E-state index is 3.56. The van der Waals surface area contributed by atoms with Crippen molar-refractivity contribution in [2.75, 3.05) is 26.2 Å². The second kappa shape index (κ2) is 6.45. The molecule has 2 nitrogen and oxygen atoms in total. The van der Waals surface area contributed by atoms with Crippen LogP contribution in [0.5, 0.6) is 0 Å².